The number of urea groups is 1. The van der Waals surface area contributed by atoms with Crippen molar-refractivity contribution in [3.8, 4) is 11.3 Å². The van der Waals surface area contributed by atoms with Crippen LogP contribution in [-0.2, 0) is 0 Å². The van der Waals surface area contributed by atoms with E-state index in [-0.39, 0.29) is 6.03 Å². The fraction of sp³-hybridized carbons (Fsp3) is 0.200. The van der Waals surface area contributed by atoms with Gasteiger partial charge in [0.2, 0.25) is 0 Å². The first-order chi connectivity index (χ1) is 12.8. The number of piperazine rings is 1. The number of para-hydroxylation sites is 1. The second kappa shape index (κ2) is 7.31. The van der Waals surface area contributed by atoms with Crippen molar-refractivity contribution in [1.29, 1.82) is 0 Å². The van der Waals surface area contributed by atoms with Crippen LogP contribution in [0.4, 0.5) is 16.3 Å². The number of anilines is 2. The molecule has 3 aromatic rings. The van der Waals surface area contributed by atoms with Crippen molar-refractivity contribution >= 4 is 17.5 Å². The van der Waals surface area contributed by atoms with E-state index in [9.17, 15) is 4.79 Å². The third kappa shape index (κ3) is 3.54. The Morgan fingerprint density at radius 2 is 1.58 bits per heavy atom. The van der Waals surface area contributed by atoms with Crippen molar-refractivity contribution in [3.63, 3.8) is 0 Å². The normalized spacial score (nSPS) is 14.3. The van der Waals surface area contributed by atoms with E-state index in [4.69, 9.17) is 0 Å². The fourth-order valence-electron chi connectivity index (χ4n) is 3.15. The van der Waals surface area contributed by atoms with Crippen molar-refractivity contribution in [2.75, 3.05) is 36.4 Å². The maximum Gasteiger partial charge on any atom is 0.323 e. The minimum Gasteiger partial charge on any atom is -0.368 e. The van der Waals surface area contributed by atoms with Crippen LogP contribution in [-0.4, -0.2) is 47.3 Å². The molecule has 1 saturated heterocycles. The van der Waals surface area contributed by atoms with Gasteiger partial charge in [0.15, 0.2) is 5.82 Å². The van der Waals surface area contributed by atoms with Gasteiger partial charge in [0.1, 0.15) is 0 Å². The molecule has 0 bridgehead atoms. The van der Waals surface area contributed by atoms with Gasteiger partial charge in [-0.05, 0) is 17.7 Å². The zero-order valence-electron chi connectivity index (χ0n) is 14.4. The van der Waals surface area contributed by atoms with Gasteiger partial charge in [0.25, 0.3) is 0 Å². The number of H-pyrrole nitrogens is 1. The van der Waals surface area contributed by atoms with Crippen LogP contribution in [0.25, 0.3) is 11.3 Å². The van der Waals surface area contributed by atoms with E-state index in [2.05, 4.69) is 32.5 Å². The molecule has 0 spiro atoms. The molecular weight excluding hydrogens is 326 g/mol. The minimum absolute atomic E-state index is 0.108. The number of carbonyl (C=O) groups is 1. The van der Waals surface area contributed by atoms with E-state index in [1.54, 1.807) is 0 Å². The number of aromatic amines is 1. The number of carbonyl (C=O) groups excluding carboxylic acids is 1. The Kier molecular flexibility index (Phi) is 4.55. The summed E-state index contributed by atoms with van der Waals surface area (Å²) in [5.74, 6) is 0.541. The highest BCUT2D eigenvalue weighted by Gasteiger charge is 2.21. The predicted molar refractivity (Wildman–Crippen MR) is 103 cm³/mol. The van der Waals surface area contributed by atoms with Crippen molar-refractivity contribution in [3.05, 3.63) is 66.7 Å². The highest BCUT2D eigenvalue weighted by molar-refractivity contribution is 5.89. The maximum atomic E-state index is 12.5. The lowest BCUT2D eigenvalue weighted by atomic mass is 10.2. The molecule has 2 N–H and O–H groups in total. The third-order valence-electron chi connectivity index (χ3n) is 4.59. The van der Waals surface area contributed by atoms with E-state index >= 15 is 0 Å². The first kappa shape index (κ1) is 16.2. The second-order valence-electron chi connectivity index (χ2n) is 6.27. The molecule has 0 atom stereocenters. The molecule has 6 nitrogen and oxygen atoms in total. The largest absolute Gasteiger partial charge is 0.368 e. The van der Waals surface area contributed by atoms with Crippen molar-refractivity contribution in [1.82, 2.24) is 15.1 Å². The number of aromatic nitrogens is 2. The van der Waals surface area contributed by atoms with Crippen LogP contribution in [0.1, 0.15) is 0 Å². The number of nitrogens with zero attached hydrogens (tertiary/aromatic N) is 3. The summed E-state index contributed by atoms with van der Waals surface area (Å²) in [5, 5.41) is 10.0. The number of amides is 2. The monoisotopic (exact) mass is 347 g/mol. The summed E-state index contributed by atoms with van der Waals surface area (Å²) in [6.45, 7) is 3.04. The van der Waals surface area contributed by atoms with Crippen LogP contribution >= 0.6 is 0 Å². The van der Waals surface area contributed by atoms with Gasteiger partial charge < -0.3 is 9.80 Å². The highest BCUT2D eigenvalue weighted by Crippen LogP contribution is 2.20. The van der Waals surface area contributed by atoms with Gasteiger partial charge >= 0.3 is 6.03 Å². The molecule has 2 amide bonds. The van der Waals surface area contributed by atoms with Crippen molar-refractivity contribution in [2.45, 2.75) is 0 Å². The van der Waals surface area contributed by atoms with E-state index in [0.29, 0.717) is 18.9 Å². The highest BCUT2D eigenvalue weighted by atomic mass is 16.2. The Morgan fingerprint density at radius 3 is 2.27 bits per heavy atom. The molecule has 0 aliphatic carbocycles. The lowest BCUT2D eigenvalue weighted by Gasteiger charge is -2.35. The molecule has 4 rings (SSSR count). The van der Waals surface area contributed by atoms with Gasteiger partial charge in [-0.25, -0.2) is 4.79 Å². The molecule has 2 heterocycles. The second-order valence-corrected chi connectivity index (χ2v) is 6.27. The van der Waals surface area contributed by atoms with Gasteiger partial charge in [0, 0.05) is 37.9 Å². The Labute approximate surface area is 152 Å². The first-order valence-electron chi connectivity index (χ1n) is 8.76. The lowest BCUT2D eigenvalue weighted by molar-refractivity contribution is 0.208. The summed E-state index contributed by atoms with van der Waals surface area (Å²) in [4.78, 5) is 16.6. The van der Waals surface area contributed by atoms with Crippen LogP contribution < -0.4 is 10.2 Å². The smallest absolute Gasteiger partial charge is 0.323 e. The lowest BCUT2D eigenvalue weighted by Crippen LogP contribution is -2.50. The zero-order valence-corrected chi connectivity index (χ0v) is 14.4. The van der Waals surface area contributed by atoms with Crippen molar-refractivity contribution < 1.29 is 4.79 Å². The topological polar surface area (TPSA) is 64.3 Å². The summed E-state index contributed by atoms with van der Waals surface area (Å²) in [6.07, 6.45) is 0. The zero-order chi connectivity index (χ0) is 17.8. The van der Waals surface area contributed by atoms with Gasteiger partial charge in [-0.15, -0.1) is 0 Å². The van der Waals surface area contributed by atoms with Gasteiger partial charge in [-0.2, -0.15) is 5.10 Å². The molecule has 26 heavy (non-hydrogen) atoms. The molecule has 1 aliphatic rings. The first-order valence-corrected chi connectivity index (χ1v) is 8.76. The maximum absolute atomic E-state index is 12.5. The van der Waals surface area contributed by atoms with Crippen LogP contribution in [0.3, 0.4) is 0 Å². The summed E-state index contributed by atoms with van der Waals surface area (Å²) in [5.41, 5.74) is 3.12. The number of nitrogens with one attached hydrogen (secondary N) is 2. The Morgan fingerprint density at radius 1 is 0.923 bits per heavy atom. The van der Waals surface area contributed by atoms with Crippen LogP contribution in [0.2, 0.25) is 0 Å². The molecule has 0 unspecified atom stereocenters. The van der Waals surface area contributed by atoms with Gasteiger partial charge in [0.05, 0.1) is 5.69 Å². The van der Waals surface area contributed by atoms with E-state index in [1.165, 1.54) is 5.69 Å². The van der Waals surface area contributed by atoms with Crippen LogP contribution in [0, 0.1) is 0 Å². The van der Waals surface area contributed by atoms with Gasteiger partial charge in [-0.1, -0.05) is 48.5 Å². The SMILES string of the molecule is O=C(Nc1cc(-c2ccccc2)[nH]n1)N1CCN(c2ccccc2)CC1. The summed E-state index contributed by atoms with van der Waals surface area (Å²) in [6, 6.07) is 22.0. The molecule has 0 radical (unpaired) electrons. The van der Waals surface area contributed by atoms with Gasteiger partial charge in [-0.3, -0.25) is 10.4 Å². The Hall–Kier alpha value is -3.28. The van der Waals surface area contributed by atoms with E-state index in [1.807, 2.05) is 59.5 Å². The summed E-state index contributed by atoms with van der Waals surface area (Å²) < 4.78 is 0. The van der Waals surface area contributed by atoms with E-state index < -0.39 is 0 Å². The number of hydrogen-bond donors (Lipinski definition) is 2. The molecular formula is C20H21N5O. The molecule has 0 saturated carbocycles. The van der Waals surface area contributed by atoms with Crippen LogP contribution in [0.15, 0.2) is 66.7 Å². The van der Waals surface area contributed by atoms with Crippen molar-refractivity contribution in [2.24, 2.45) is 0 Å². The average Bonchev–Trinajstić information content (AvgIpc) is 3.18. The van der Waals surface area contributed by atoms with E-state index in [0.717, 1.165) is 24.3 Å². The third-order valence-corrected chi connectivity index (χ3v) is 4.59. The molecule has 1 fully saturated rings. The number of benzene rings is 2. The standard InChI is InChI=1S/C20H21N5O/c26-20(21-19-15-18(22-23-19)16-7-3-1-4-8-16)25-13-11-24(12-14-25)17-9-5-2-6-10-17/h1-10,15H,11-14H2,(H2,21,22,23,26). The molecule has 1 aromatic heterocycles. The molecule has 1 aliphatic heterocycles. The fourth-order valence-corrected chi connectivity index (χ4v) is 3.15. The average molecular weight is 347 g/mol. The number of rotatable bonds is 3. The molecule has 132 valence electrons. The Bertz CT molecular complexity index is 854. The molecule has 6 heteroatoms. The summed E-state index contributed by atoms with van der Waals surface area (Å²) >= 11 is 0. The van der Waals surface area contributed by atoms with Crippen LogP contribution in [0.5, 0.6) is 0 Å². The minimum atomic E-state index is -0.108. The summed E-state index contributed by atoms with van der Waals surface area (Å²) in [7, 11) is 0. The predicted octanol–water partition coefficient (Wildman–Crippen LogP) is 3.43. The Balaban J connectivity index is 1.34. The number of hydrogen-bond acceptors (Lipinski definition) is 3. The molecule has 2 aromatic carbocycles. The quantitative estimate of drug-likeness (QED) is 0.763.